The van der Waals surface area contributed by atoms with E-state index in [-0.39, 0.29) is 11.4 Å². The van der Waals surface area contributed by atoms with Crippen molar-refractivity contribution in [2.24, 2.45) is 16.1 Å². The number of amides is 1. The van der Waals surface area contributed by atoms with Crippen LogP contribution in [0.1, 0.15) is 137 Å². The summed E-state index contributed by atoms with van der Waals surface area (Å²) in [4.78, 5) is 15.5. The normalized spacial score (nSPS) is 18.8. The van der Waals surface area contributed by atoms with Gasteiger partial charge in [-0.3, -0.25) is 4.79 Å². The summed E-state index contributed by atoms with van der Waals surface area (Å²) < 4.78 is 0. The molecule has 1 heterocycles. The van der Waals surface area contributed by atoms with E-state index in [1.54, 1.807) is 12.4 Å². The lowest BCUT2D eigenvalue weighted by Gasteiger charge is -2.39. The van der Waals surface area contributed by atoms with Gasteiger partial charge >= 0.3 is 0 Å². The van der Waals surface area contributed by atoms with Gasteiger partial charge < -0.3 is 15.3 Å². The molecule has 0 unspecified atom stereocenters. The molecule has 3 fully saturated rings. The van der Waals surface area contributed by atoms with E-state index in [0.717, 1.165) is 31.5 Å². The minimum absolute atomic E-state index is 0.189. The zero-order chi connectivity index (χ0) is 30.7. The Labute approximate surface area is 254 Å². The second-order valence-electron chi connectivity index (χ2n) is 12.2. The first-order chi connectivity index (χ1) is 20.4. The van der Waals surface area contributed by atoms with Crippen molar-refractivity contribution in [3.8, 4) is 0 Å². The molecule has 0 radical (unpaired) electrons. The summed E-state index contributed by atoms with van der Waals surface area (Å²) in [6.45, 7) is 13.9. The average Bonchev–Trinajstić information content (AvgIpc) is 3.76. The van der Waals surface area contributed by atoms with Crippen LogP contribution in [0.5, 0.6) is 0 Å². The molecule has 0 aromatic heterocycles. The molecule has 6 rings (SSSR count). The Morgan fingerprint density at radius 3 is 2.29 bits per heavy atom. The van der Waals surface area contributed by atoms with Gasteiger partial charge in [0, 0.05) is 42.9 Å². The molecule has 0 saturated heterocycles. The van der Waals surface area contributed by atoms with Gasteiger partial charge in [0.05, 0.1) is 6.54 Å². The number of fused-ring (bicyclic) bond motifs is 1. The molecule has 2 N–H and O–H groups in total. The summed E-state index contributed by atoms with van der Waals surface area (Å²) in [5.41, 5.74) is 7.72. The number of anilines is 1. The van der Waals surface area contributed by atoms with Gasteiger partial charge in [-0.15, -0.1) is 0 Å². The third-order valence-corrected chi connectivity index (χ3v) is 8.63. The predicted molar refractivity (Wildman–Crippen MR) is 178 cm³/mol. The number of benzene rings is 2. The molecule has 4 aliphatic rings. The van der Waals surface area contributed by atoms with Gasteiger partial charge in [0.15, 0.2) is 0 Å². The molecule has 230 valence electrons. The Hall–Kier alpha value is -2.83. The lowest BCUT2D eigenvalue weighted by Crippen LogP contribution is -2.47. The second kappa shape index (κ2) is 16.1. The Bertz CT molecular complexity index is 1210. The number of nitrogens with one attached hydrogen (secondary N) is 1. The lowest BCUT2D eigenvalue weighted by atomic mass is 9.78. The van der Waals surface area contributed by atoms with E-state index in [1.807, 2.05) is 25.7 Å². The molecule has 0 bridgehead atoms. The van der Waals surface area contributed by atoms with Crippen LogP contribution in [0.2, 0.25) is 0 Å². The van der Waals surface area contributed by atoms with Crippen LogP contribution in [-0.2, 0) is 13.1 Å². The Balaban J connectivity index is 0.000000349. The molecular formula is C36H54N4O2. The van der Waals surface area contributed by atoms with Gasteiger partial charge in [-0.05, 0) is 117 Å². The minimum Gasteiger partial charge on any atom is -0.400 e. The van der Waals surface area contributed by atoms with E-state index in [0.29, 0.717) is 17.8 Å². The molecule has 42 heavy (non-hydrogen) atoms. The van der Waals surface area contributed by atoms with E-state index in [2.05, 4.69) is 72.7 Å². The molecule has 6 heteroatoms. The number of rotatable bonds is 8. The number of hydrogen-bond donors (Lipinski definition) is 2. The zero-order valence-electron chi connectivity index (χ0n) is 27.1. The van der Waals surface area contributed by atoms with Crippen LogP contribution in [0.4, 0.5) is 5.69 Å². The van der Waals surface area contributed by atoms with Gasteiger partial charge in [0.25, 0.3) is 5.91 Å². The monoisotopic (exact) mass is 574 g/mol. The number of carbonyl (C=O) groups excluding carboxylic acids is 1. The largest absolute Gasteiger partial charge is 0.400 e. The fourth-order valence-corrected chi connectivity index (χ4v) is 5.69. The highest BCUT2D eigenvalue weighted by Crippen LogP contribution is 2.46. The average molecular weight is 575 g/mol. The van der Waals surface area contributed by atoms with Crippen molar-refractivity contribution in [2.75, 3.05) is 12.0 Å². The van der Waals surface area contributed by atoms with Crippen LogP contribution in [0.15, 0.2) is 46.6 Å². The predicted octanol–water partition coefficient (Wildman–Crippen LogP) is 8.38. The number of hydrogen-bond acceptors (Lipinski definition) is 5. The quantitative estimate of drug-likeness (QED) is 0.246. The zero-order valence-corrected chi connectivity index (χ0v) is 27.1. The van der Waals surface area contributed by atoms with Crippen molar-refractivity contribution in [1.82, 2.24) is 5.32 Å². The number of aliphatic hydroxyl groups excluding tert-OH is 1. The second-order valence-corrected chi connectivity index (χ2v) is 12.2. The van der Waals surface area contributed by atoms with Gasteiger partial charge in [0.2, 0.25) is 0 Å². The van der Waals surface area contributed by atoms with Gasteiger partial charge in [-0.1, -0.05) is 52.3 Å². The van der Waals surface area contributed by atoms with Crippen molar-refractivity contribution in [2.45, 2.75) is 123 Å². The summed E-state index contributed by atoms with van der Waals surface area (Å²) >= 11 is 0. The highest BCUT2D eigenvalue weighted by molar-refractivity contribution is 6.10. The van der Waals surface area contributed by atoms with Crippen molar-refractivity contribution in [1.29, 1.82) is 0 Å². The van der Waals surface area contributed by atoms with Crippen molar-refractivity contribution >= 4 is 24.0 Å². The summed E-state index contributed by atoms with van der Waals surface area (Å²) in [5, 5.41) is 18.1. The molecule has 1 aliphatic heterocycles. The minimum atomic E-state index is 0.189. The number of nitrogens with zero attached hydrogens (tertiary/aromatic N) is 3. The Morgan fingerprint density at radius 1 is 1.02 bits per heavy atom. The van der Waals surface area contributed by atoms with E-state index in [1.165, 1.54) is 73.6 Å². The molecular weight excluding hydrogens is 520 g/mol. The van der Waals surface area contributed by atoms with Gasteiger partial charge in [0.1, 0.15) is 0 Å². The summed E-state index contributed by atoms with van der Waals surface area (Å²) in [5.74, 6) is 2.04. The van der Waals surface area contributed by atoms with Crippen LogP contribution in [0.3, 0.4) is 0 Å². The lowest BCUT2D eigenvalue weighted by molar-refractivity contribution is 0.0996. The first kappa shape index (κ1) is 33.7. The molecule has 0 atom stereocenters. The first-order valence-electron chi connectivity index (χ1n) is 16.2. The summed E-state index contributed by atoms with van der Waals surface area (Å²) in [6, 6.07) is 13.3. The van der Waals surface area contributed by atoms with E-state index >= 15 is 0 Å². The maximum Gasteiger partial charge on any atom is 0.258 e. The Morgan fingerprint density at radius 2 is 1.74 bits per heavy atom. The molecule has 2 aromatic rings. The standard InChI is InChI=1S/C27H32N2O.C6H12N2.C2H6.CH4O/c1-27(11-4-12-27)28-16-18-13-23(20-9-10-20)25-17-29(26(30)24(25)14-18)22-8-3-7-21(15-22)19-5-2-6-19;1-4-7-8-5-6(2)3;2*1-2/h3,7-8,13-15,19-20,28H,2,4-6,9-12,16-17H2,1H3;4-6H,1-3H3;1-2H3;2H,1H3/b;7-4-,8-5-;;. The molecule has 6 nitrogen and oxygen atoms in total. The summed E-state index contributed by atoms with van der Waals surface area (Å²) in [6.07, 6.45) is 13.8. The molecule has 3 aliphatic carbocycles. The van der Waals surface area contributed by atoms with Crippen LogP contribution in [-0.4, -0.2) is 36.1 Å². The first-order valence-corrected chi connectivity index (χ1v) is 16.2. The summed E-state index contributed by atoms with van der Waals surface area (Å²) in [7, 11) is 1.00. The van der Waals surface area contributed by atoms with E-state index < -0.39 is 0 Å². The van der Waals surface area contributed by atoms with Crippen molar-refractivity contribution in [3.05, 3.63) is 64.2 Å². The smallest absolute Gasteiger partial charge is 0.258 e. The number of carbonyl (C=O) groups is 1. The molecule has 3 saturated carbocycles. The highest BCUT2D eigenvalue weighted by Gasteiger charge is 2.36. The topological polar surface area (TPSA) is 77.3 Å². The molecule has 1 amide bonds. The third-order valence-electron chi connectivity index (χ3n) is 8.63. The SMILES string of the molecule is C/C=N\N=C/C(C)C.CC.CC1(NCc2cc3c(c(C4CC4)c2)CN(c2cccc(C4CCC4)c2)C3=O)CCC1.CO. The van der Waals surface area contributed by atoms with E-state index in [4.69, 9.17) is 5.11 Å². The number of aliphatic hydroxyl groups is 1. The van der Waals surface area contributed by atoms with Crippen LogP contribution < -0.4 is 10.2 Å². The van der Waals surface area contributed by atoms with Gasteiger partial charge in [-0.25, -0.2) is 0 Å². The van der Waals surface area contributed by atoms with Crippen LogP contribution in [0, 0.1) is 5.92 Å². The molecule has 0 spiro atoms. The third kappa shape index (κ3) is 8.61. The maximum absolute atomic E-state index is 13.5. The van der Waals surface area contributed by atoms with Crippen molar-refractivity contribution < 1.29 is 9.90 Å². The fourth-order valence-electron chi connectivity index (χ4n) is 5.69. The van der Waals surface area contributed by atoms with E-state index in [9.17, 15) is 4.79 Å². The van der Waals surface area contributed by atoms with Crippen LogP contribution >= 0.6 is 0 Å². The van der Waals surface area contributed by atoms with Crippen LogP contribution in [0.25, 0.3) is 0 Å². The fraction of sp³-hybridized carbons (Fsp3) is 0.583. The Kier molecular flexibility index (Phi) is 12.9. The van der Waals surface area contributed by atoms with Gasteiger partial charge in [-0.2, -0.15) is 10.2 Å². The van der Waals surface area contributed by atoms with Crippen molar-refractivity contribution in [3.63, 3.8) is 0 Å². The molecule has 2 aromatic carbocycles. The highest BCUT2D eigenvalue weighted by atomic mass is 16.2. The maximum atomic E-state index is 13.5.